The number of thiol groups is 1. The third-order valence-electron chi connectivity index (χ3n) is 3.56. The van der Waals surface area contributed by atoms with E-state index in [1.54, 1.807) is 12.1 Å². The number of hydrogen-bond donors (Lipinski definition) is 1. The first-order valence-electron chi connectivity index (χ1n) is 7.28. The van der Waals surface area contributed by atoms with Crippen molar-refractivity contribution in [1.29, 1.82) is 0 Å². The van der Waals surface area contributed by atoms with Gasteiger partial charge in [-0.15, -0.1) is 12.6 Å². The summed E-state index contributed by atoms with van der Waals surface area (Å²) in [4.78, 5) is 4.09. The van der Waals surface area contributed by atoms with Gasteiger partial charge in [0.25, 0.3) is 0 Å². The zero-order valence-corrected chi connectivity index (χ0v) is 13.1. The second-order valence-electron chi connectivity index (χ2n) is 5.14. The fraction of sp³-hybridized carbons (Fsp3) is 0.294. The molecule has 1 saturated heterocycles. The number of ether oxygens (including phenoxy) is 3. The molecule has 0 N–H and O–H groups in total. The van der Waals surface area contributed by atoms with Gasteiger partial charge in [0, 0.05) is 0 Å². The van der Waals surface area contributed by atoms with Crippen molar-refractivity contribution < 1.29 is 23.7 Å². The fourth-order valence-corrected chi connectivity index (χ4v) is 2.81. The Balaban J connectivity index is 1.63. The van der Waals surface area contributed by atoms with Crippen molar-refractivity contribution in [3.63, 3.8) is 0 Å². The van der Waals surface area contributed by atoms with E-state index < -0.39 is 23.7 Å². The molecule has 0 saturated carbocycles. The molecule has 0 radical (unpaired) electrons. The average molecular weight is 336 g/mol. The van der Waals surface area contributed by atoms with Gasteiger partial charge in [0.1, 0.15) is 29.6 Å². The molecule has 4 unspecified atom stereocenters. The molecule has 2 aromatic carbocycles. The number of hydrogen-bond acceptors (Lipinski definition) is 5. The van der Waals surface area contributed by atoms with Crippen molar-refractivity contribution >= 4 is 12.6 Å². The normalized spacial score (nSPS) is 26.9. The number of para-hydroxylation sites is 2. The molecule has 6 heteroatoms. The van der Waals surface area contributed by atoms with Crippen LogP contribution in [0.4, 0.5) is 4.53 Å². The van der Waals surface area contributed by atoms with Gasteiger partial charge in [-0.1, -0.05) is 36.4 Å². The van der Waals surface area contributed by atoms with Gasteiger partial charge in [0.05, 0.1) is 0 Å². The van der Waals surface area contributed by atoms with Gasteiger partial charge in [0.15, 0.2) is 12.2 Å². The molecule has 2 aromatic rings. The van der Waals surface area contributed by atoms with Crippen molar-refractivity contribution in [2.45, 2.75) is 23.7 Å². The number of benzene rings is 2. The van der Waals surface area contributed by atoms with Crippen LogP contribution in [0.25, 0.3) is 0 Å². The number of halogens is 1. The Labute approximate surface area is 139 Å². The quantitative estimate of drug-likeness (QED) is 0.820. The second-order valence-corrected chi connectivity index (χ2v) is 5.65. The first-order valence-corrected chi connectivity index (χ1v) is 7.80. The minimum Gasteiger partial charge on any atom is -0.491 e. The van der Waals surface area contributed by atoms with E-state index >= 15 is 0 Å². The van der Waals surface area contributed by atoms with E-state index in [2.05, 4.69) is 17.6 Å². The predicted octanol–water partition coefficient (Wildman–Crippen LogP) is 3.44. The highest BCUT2D eigenvalue weighted by atomic mass is 32.1. The molecule has 0 aliphatic carbocycles. The zero-order valence-electron chi connectivity index (χ0n) is 12.2. The summed E-state index contributed by atoms with van der Waals surface area (Å²) in [5.74, 6) is 1.28. The van der Waals surface area contributed by atoms with E-state index in [1.165, 1.54) is 0 Å². The van der Waals surface area contributed by atoms with Crippen molar-refractivity contribution in [2.75, 3.05) is 6.61 Å². The van der Waals surface area contributed by atoms with Crippen LogP contribution in [-0.4, -0.2) is 30.4 Å². The van der Waals surface area contributed by atoms with Crippen LogP contribution in [0.5, 0.6) is 11.5 Å². The first-order chi connectivity index (χ1) is 11.3. The maximum atomic E-state index is 13.1. The topological polar surface area (TPSA) is 36.9 Å². The highest BCUT2D eigenvalue weighted by Gasteiger charge is 2.47. The Kier molecular flexibility index (Phi) is 5.38. The molecule has 1 fully saturated rings. The van der Waals surface area contributed by atoms with Gasteiger partial charge >= 0.3 is 0 Å². The van der Waals surface area contributed by atoms with Crippen LogP contribution in [-0.2, 0) is 9.68 Å². The Morgan fingerprint density at radius 3 is 2.13 bits per heavy atom. The van der Waals surface area contributed by atoms with Crippen molar-refractivity contribution in [3.8, 4) is 11.5 Å². The molecule has 4 nitrogen and oxygen atoms in total. The summed E-state index contributed by atoms with van der Waals surface area (Å²) in [7, 11) is 0. The van der Waals surface area contributed by atoms with E-state index in [0.29, 0.717) is 11.5 Å². The molecule has 4 atom stereocenters. The van der Waals surface area contributed by atoms with E-state index in [-0.39, 0.29) is 6.61 Å². The highest BCUT2D eigenvalue weighted by molar-refractivity contribution is 7.80. The molecule has 0 bridgehead atoms. The predicted molar refractivity (Wildman–Crippen MR) is 86.4 cm³/mol. The second kappa shape index (κ2) is 7.68. The maximum Gasteiger partial charge on any atom is 0.168 e. The molecule has 1 aliphatic rings. The maximum absolute atomic E-state index is 13.1. The van der Waals surface area contributed by atoms with Crippen LogP contribution in [0, 0.1) is 0 Å². The lowest BCUT2D eigenvalue weighted by atomic mass is 10.1. The summed E-state index contributed by atoms with van der Waals surface area (Å²) >= 11 is 4.32. The first kappa shape index (κ1) is 16.1. The summed E-state index contributed by atoms with van der Waals surface area (Å²) in [5, 5.41) is 0. The smallest absolute Gasteiger partial charge is 0.168 e. The zero-order chi connectivity index (χ0) is 16.1. The molecule has 3 rings (SSSR count). The summed E-state index contributed by atoms with van der Waals surface area (Å²) in [5.41, 5.74) is -0.611. The van der Waals surface area contributed by atoms with Gasteiger partial charge in [-0.3, -0.25) is 0 Å². The Morgan fingerprint density at radius 2 is 1.52 bits per heavy atom. The minimum atomic E-state index is -0.915. The third kappa shape index (κ3) is 3.96. The molecule has 23 heavy (non-hydrogen) atoms. The Morgan fingerprint density at radius 1 is 0.913 bits per heavy atom. The molecular weight excluding hydrogens is 319 g/mol. The molecular formula is C17H17FO4S. The summed E-state index contributed by atoms with van der Waals surface area (Å²) in [6.07, 6.45) is -2.20. The summed E-state index contributed by atoms with van der Waals surface area (Å²) < 4.78 is 30.0. The van der Waals surface area contributed by atoms with Gasteiger partial charge in [0.2, 0.25) is 0 Å². The summed E-state index contributed by atoms with van der Waals surface area (Å²) in [6.45, 7) is 0.143. The summed E-state index contributed by atoms with van der Waals surface area (Å²) in [6, 6.07) is 18.3. The van der Waals surface area contributed by atoms with Gasteiger partial charge in [-0.2, -0.15) is 4.94 Å². The van der Waals surface area contributed by atoms with E-state index in [0.717, 1.165) is 0 Å². The fourth-order valence-electron chi connectivity index (χ4n) is 2.43. The Hall–Kier alpha value is -1.76. The standard InChI is InChI=1S/C17H17FO4S/c18-22-15-14(11-19-12-7-3-1-4-8-12)21-17(23)16(15)20-13-9-5-2-6-10-13/h1-10,14-17,23H,11H2. The average Bonchev–Trinajstić information content (AvgIpc) is 2.90. The molecule has 1 heterocycles. The van der Waals surface area contributed by atoms with Crippen molar-refractivity contribution in [2.24, 2.45) is 0 Å². The molecule has 0 aromatic heterocycles. The SMILES string of the molecule is FOC1C(COc2ccccc2)OC(S)C1Oc1ccccc1. The number of rotatable bonds is 6. The highest BCUT2D eigenvalue weighted by Crippen LogP contribution is 2.30. The lowest BCUT2D eigenvalue weighted by molar-refractivity contribution is -0.210. The van der Waals surface area contributed by atoms with E-state index in [9.17, 15) is 4.53 Å². The van der Waals surface area contributed by atoms with Crippen molar-refractivity contribution in [3.05, 3.63) is 60.7 Å². The van der Waals surface area contributed by atoms with E-state index in [4.69, 9.17) is 14.2 Å². The van der Waals surface area contributed by atoms with Crippen LogP contribution in [0.1, 0.15) is 0 Å². The lowest BCUT2D eigenvalue weighted by Gasteiger charge is -2.20. The van der Waals surface area contributed by atoms with Gasteiger partial charge in [-0.25, -0.2) is 0 Å². The third-order valence-corrected chi connectivity index (χ3v) is 3.98. The van der Waals surface area contributed by atoms with Crippen LogP contribution in [0.15, 0.2) is 60.7 Å². The van der Waals surface area contributed by atoms with Crippen LogP contribution in [0.2, 0.25) is 0 Å². The van der Waals surface area contributed by atoms with Crippen LogP contribution < -0.4 is 9.47 Å². The molecule has 122 valence electrons. The lowest BCUT2D eigenvalue weighted by Crippen LogP contribution is -2.39. The Bertz CT molecular complexity index is 598. The van der Waals surface area contributed by atoms with E-state index in [1.807, 2.05) is 48.5 Å². The van der Waals surface area contributed by atoms with Crippen molar-refractivity contribution in [1.82, 2.24) is 0 Å². The van der Waals surface area contributed by atoms with Gasteiger partial charge in [-0.05, 0) is 28.8 Å². The van der Waals surface area contributed by atoms with Crippen LogP contribution >= 0.6 is 12.6 Å². The molecule has 0 spiro atoms. The molecule has 1 aliphatic heterocycles. The minimum absolute atomic E-state index is 0.143. The van der Waals surface area contributed by atoms with Gasteiger partial charge < -0.3 is 14.2 Å². The van der Waals surface area contributed by atoms with Crippen LogP contribution in [0.3, 0.4) is 0 Å². The molecule has 0 amide bonds. The largest absolute Gasteiger partial charge is 0.491 e. The monoisotopic (exact) mass is 336 g/mol.